The van der Waals surface area contributed by atoms with E-state index in [2.05, 4.69) is 0 Å². The molecule has 0 saturated carbocycles. The van der Waals surface area contributed by atoms with Crippen molar-refractivity contribution in [3.63, 3.8) is 0 Å². The molecule has 2 heterocycles. The second kappa shape index (κ2) is 10.6. The molecular formula is C19H29ClN2O4. The van der Waals surface area contributed by atoms with E-state index in [1.807, 2.05) is 19.9 Å². The summed E-state index contributed by atoms with van der Waals surface area (Å²) in [6.45, 7) is 5.64. The van der Waals surface area contributed by atoms with Crippen LogP contribution in [0.5, 0.6) is 0 Å². The number of nitrogens with zero attached hydrogens (tertiary/aromatic N) is 2. The second-order valence-corrected chi connectivity index (χ2v) is 7.08. The molecule has 0 bridgehead atoms. The Hall–Kier alpha value is -1.53. The normalized spacial score (nSPS) is 17.9. The Morgan fingerprint density at radius 3 is 2.77 bits per heavy atom. The van der Waals surface area contributed by atoms with Crippen molar-refractivity contribution in [2.75, 3.05) is 25.6 Å². The Bertz CT molecular complexity index is 558. The maximum atomic E-state index is 13.0. The molecule has 6 nitrogen and oxygen atoms in total. The van der Waals surface area contributed by atoms with E-state index in [1.165, 1.54) is 0 Å². The third-order valence-corrected chi connectivity index (χ3v) is 4.97. The highest BCUT2D eigenvalue weighted by Gasteiger charge is 2.27. The molecule has 146 valence electrons. The maximum absolute atomic E-state index is 13.0. The van der Waals surface area contributed by atoms with Gasteiger partial charge in [0.15, 0.2) is 0 Å². The second-order valence-electron chi connectivity index (χ2n) is 6.71. The molecule has 0 aromatic carbocycles. The van der Waals surface area contributed by atoms with Crippen LogP contribution in [0, 0.1) is 0 Å². The number of rotatable bonds is 10. The maximum Gasteiger partial charge on any atom is 0.242 e. The number of furan rings is 1. The van der Waals surface area contributed by atoms with E-state index < -0.39 is 0 Å². The Morgan fingerprint density at radius 1 is 1.38 bits per heavy atom. The molecule has 1 saturated heterocycles. The van der Waals surface area contributed by atoms with Gasteiger partial charge < -0.3 is 19.0 Å². The van der Waals surface area contributed by atoms with Gasteiger partial charge in [-0.2, -0.15) is 0 Å². The predicted molar refractivity (Wildman–Crippen MR) is 99.9 cm³/mol. The van der Waals surface area contributed by atoms with E-state index in [0.29, 0.717) is 13.1 Å². The van der Waals surface area contributed by atoms with E-state index in [4.69, 9.17) is 20.8 Å². The van der Waals surface area contributed by atoms with Crippen LogP contribution in [0.2, 0.25) is 0 Å². The van der Waals surface area contributed by atoms with Crippen LogP contribution < -0.4 is 0 Å². The standard InChI is InChI=1S/C19H29ClN2O4/c1-3-15(2)22(18(23)8-9-20)14-19(24)21(12-16-6-4-10-25-16)13-17-7-5-11-26-17/h4,6,10,15,17H,3,5,7-9,11-14H2,1-2H3/t15-,17-/m1/s1. The number of ether oxygens (including phenoxy) is 1. The summed E-state index contributed by atoms with van der Waals surface area (Å²) in [6.07, 6.45) is 4.63. The highest BCUT2D eigenvalue weighted by atomic mass is 35.5. The molecule has 1 aliphatic heterocycles. The molecular weight excluding hydrogens is 356 g/mol. The summed E-state index contributed by atoms with van der Waals surface area (Å²) >= 11 is 5.72. The number of carbonyl (C=O) groups is 2. The van der Waals surface area contributed by atoms with Crippen molar-refractivity contribution in [1.82, 2.24) is 9.80 Å². The van der Waals surface area contributed by atoms with Gasteiger partial charge in [0.25, 0.3) is 0 Å². The van der Waals surface area contributed by atoms with Gasteiger partial charge in [0.05, 0.1) is 18.9 Å². The fourth-order valence-electron chi connectivity index (χ4n) is 3.06. The van der Waals surface area contributed by atoms with Gasteiger partial charge >= 0.3 is 0 Å². The molecule has 0 unspecified atom stereocenters. The Morgan fingerprint density at radius 2 is 2.19 bits per heavy atom. The van der Waals surface area contributed by atoms with E-state index in [9.17, 15) is 9.59 Å². The zero-order chi connectivity index (χ0) is 18.9. The summed E-state index contributed by atoms with van der Waals surface area (Å²) in [7, 11) is 0. The molecule has 26 heavy (non-hydrogen) atoms. The zero-order valence-corrected chi connectivity index (χ0v) is 16.4. The largest absolute Gasteiger partial charge is 0.467 e. The average molecular weight is 385 g/mol. The van der Waals surface area contributed by atoms with Crippen LogP contribution in [-0.2, 0) is 20.9 Å². The van der Waals surface area contributed by atoms with Crippen LogP contribution in [0.15, 0.2) is 22.8 Å². The van der Waals surface area contributed by atoms with E-state index >= 15 is 0 Å². The highest BCUT2D eigenvalue weighted by molar-refractivity contribution is 6.18. The summed E-state index contributed by atoms with van der Waals surface area (Å²) in [6, 6.07) is 3.64. The minimum atomic E-state index is -0.0971. The van der Waals surface area contributed by atoms with Gasteiger partial charge in [-0.05, 0) is 38.3 Å². The number of hydrogen-bond acceptors (Lipinski definition) is 4. The summed E-state index contributed by atoms with van der Waals surface area (Å²) < 4.78 is 11.1. The fourth-order valence-corrected chi connectivity index (χ4v) is 3.22. The molecule has 2 amide bonds. The van der Waals surface area contributed by atoms with E-state index in [1.54, 1.807) is 22.1 Å². The molecule has 1 aromatic heterocycles. The number of alkyl halides is 1. The number of carbonyl (C=O) groups excluding carboxylic acids is 2. The van der Waals surface area contributed by atoms with Gasteiger partial charge in [-0.3, -0.25) is 9.59 Å². The van der Waals surface area contributed by atoms with Crippen LogP contribution in [0.4, 0.5) is 0 Å². The van der Waals surface area contributed by atoms with Crippen molar-refractivity contribution in [2.45, 2.75) is 58.2 Å². The topological polar surface area (TPSA) is 63.0 Å². The van der Waals surface area contributed by atoms with E-state index in [-0.39, 0.29) is 42.8 Å². The van der Waals surface area contributed by atoms with Gasteiger partial charge in [-0.25, -0.2) is 0 Å². The highest BCUT2D eigenvalue weighted by Crippen LogP contribution is 2.16. The number of hydrogen-bond donors (Lipinski definition) is 0. The molecule has 1 aromatic rings. The fraction of sp³-hybridized carbons (Fsp3) is 0.684. The van der Waals surface area contributed by atoms with Gasteiger partial charge in [-0.1, -0.05) is 6.92 Å². The molecule has 0 aliphatic carbocycles. The minimum Gasteiger partial charge on any atom is -0.467 e. The summed E-state index contributed by atoms with van der Waals surface area (Å²) in [4.78, 5) is 28.8. The third-order valence-electron chi connectivity index (χ3n) is 4.78. The summed E-state index contributed by atoms with van der Waals surface area (Å²) in [5.41, 5.74) is 0. The van der Waals surface area contributed by atoms with Crippen molar-refractivity contribution < 1.29 is 18.7 Å². The summed E-state index contributed by atoms with van der Waals surface area (Å²) in [5, 5.41) is 0. The molecule has 7 heteroatoms. The monoisotopic (exact) mass is 384 g/mol. The van der Waals surface area contributed by atoms with Crippen LogP contribution in [0.25, 0.3) is 0 Å². The van der Waals surface area contributed by atoms with E-state index in [0.717, 1.165) is 31.6 Å². The SMILES string of the molecule is CC[C@@H](C)N(CC(=O)N(Cc1ccco1)C[C@H]1CCCO1)C(=O)CCCl. The first-order valence-electron chi connectivity index (χ1n) is 9.32. The zero-order valence-electron chi connectivity index (χ0n) is 15.7. The van der Waals surface area contributed by atoms with Crippen LogP contribution in [0.1, 0.15) is 45.3 Å². The lowest BCUT2D eigenvalue weighted by atomic mass is 10.2. The van der Waals surface area contributed by atoms with Crippen molar-refractivity contribution in [1.29, 1.82) is 0 Å². The van der Waals surface area contributed by atoms with Crippen molar-refractivity contribution >= 4 is 23.4 Å². The lowest BCUT2D eigenvalue weighted by molar-refractivity contribution is -0.143. The first-order valence-corrected chi connectivity index (χ1v) is 9.85. The Kier molecular flexibility index (Phi) is 8.45. The van der Waals surface area contributed by atoms with Gasteiger partial charge in [0, 0.05) is 31.5 Å². The lowest BCUT2D eigenvalue weighted by Crippen LogP contribution is -2.47. The van der Waals surface area contributed by atoms with Gasteiger partial charge in [0.1, 0.15) is 12.3 Å². The first-order chi connectivity index (χ1) is 12.5. The molecule has 1 aliphatic rings. The predicted octanol–water partition coefficient (Wildman–Crippen LogP) is 3.04. The molecule has 0 spiro atoms. The van der Waals surface area contributed by atoms with Gasteiger partial charge in [-0.15, -0.1) is 11.6 Å². The number of halogens is 1. The van der Waals surface area contributed by atoms with Gasteiger partial charge in [0.2, 0.25) is 11.8 Å². The molecule has 2 rings (SSSR count). The Labute approximate surface area is 160 Å². The molecule has 0 N–H and O–H groups in total. The van der Waals surface area contributed by atoms with Crippen LogP contribution in [-0.4, -0.2) is 59.3 Å². The summed E-state index contributed by atoms with van der Waals surface area (Å²) in [5.74, 6) is 0.794. The molecule has 0 radical (unpaired) electrons. The van der Waals surface area contributed by atoms with Crippen LogP contribution in [0.3, 0.4) is 0 Å². The Balaban J connectivity index is 2.07. The third kappa shape index (κ3) is 6.02. The van der Waals surface area contributed by atoms with Crippen LogP contribution >= 0.6 is 11.6 Å². The smallest absolute Gasteiger partial charge is 0.242 e. The van der Waals surface area contributed by atoms with Crippen molar-refractivity contribution in [3.8, 4) is 0 Å². The van der Waals surface area contributed by atoms with Crippen molar-refractivity contribution in [3.05, 3.63) is 24.2 Å². The quantitative estimate of drug-likeness (QED) is 0.581. The number of amides is 2. The average Bonchev–Trinajstić information content (AvgIpc) is 3.32. The minimum absolute atomic E-state index is 0.0112. The lowest BCUT2D eigenvalue weighted by Gasteiger charge is -2.31. The first kappa shape index (κ1) is 20.8. The molecule has 1 fully saturated rings. The molecule has 2 atom stereocenters. The van der Waals surface area contributed by atoms with Crippen molar-refractivity contribution in [2.24, 2.45) is 0 Å².